The van der Waals surface area contributed by atoms with Crippen LogP contribution in [0.5, 0.6) is 0 Å². The van der Waals surface area contributed by atoms with E-state index >= 15 is 0 Å². The highest BCUT2D eigenvalue weighted by atomic mass is 16.5. The summed E-state index contributed by atoms with van der Waals surface area (Å²) in [5, 5.41) is 3.04. The second-order valence-electron chi connectivity index (χ2n) is 6.04. The summed E-state index contributed by atoms with van der Waals surface area (Å²) in [7, 11) is 0. The average molecular weight is 292 g/mol. The molecule has 0 aliphatic carbocycles. The van der Waals surface area contributed by atoms with E-state index in [9.17, 15) is 4.79 Å². The van der Waals surface area contributed by atoms with Crippen LogP contribution in [0.3, 0.4) is 0 Å². The monoisotopic (exact) mass is 292 g/mol. The van der Waals surface area contributed by atoms with Gasteiger partial charge >= 0.3 is 0 Å². The van der Waals surface area contributed by atoms with Crippen molar-refractivity contribution in [3.63, 3.8) is 0 Å². The van der Waals surface area contributed by atoms with Crippen molar-refractivity contribution < 1.29 is 14.3 Å². The Bertz CT molecular complexity index is 446. The zero-order valence-electron chi connectivity index (χ0n) is 12.4. The molecule has 21 heavy (non-hydrogen) atoms. The van der Waals surface area contributed by atoms with Crippen molar-refractivity contribution in [2.45, 2.75) is 43.7 Å². The van der Waals surface area contributed by atoms with Crippen LogP contribution < -0.4 is 5.32 Å². The molecule has 1 atom stereocenters. The van der Waals surface area contributed by atoms with E-state index in [4.69, 9.17) is 9.47 Å². The number of rotatable bonds is 5. The third-order valence-electron chi connectivity index (χ3n) is 4.62. The molecule has 0 bridgehead atoms. The van der Waals surface area contributed by atoms with Crippen LogP contribution in [0.25, 0.3) is 0 Å². The van der Waals surface area contributed by atoms with Gasteiger partial charge in [-0.2, -0.15) is 0 Å². The Balaban J connectivity index is 1.60. The first-order chi connectivity index (χ1) is 10.3. The fraction of sp³-hybridized carbons (Fsp3) is 0.688. The molecule has 1 N–H and O–H groups in total. The second kappa shape index (κ2) is 6.62. The molecule has 3 heterocycles. The fourth-order valence-electron chi connectivity index (χ4n) is 3.32. The molecule has 3 rings (SSSR count). The number of carbonyl (C=O) groups excluding carboxylic acids is 1. The topological polar surface area (TPSA) is 52.5 Å². The summed E-state index contributed by atoms with van der Waals surface area (Å²) < 4.78 is 13.2. The first-order valence-corrected chi connectivity index (χ1v) is 7.88. The second-order valence-corrected chi connectivity index (χ2v) is 6.04. The molecule has 0 unspecified atom stereocenters. The average Bonchev–Trinajstić information content (AvgIpc) is 3.20. The van der Waals surface area contributed by atoms with Gasteiger partial charge in [-0.1, -0.05) is 0 Å². The molecular formula is C16H24N2O3. The first-order valence-electron chi connectivity index (χ1n) is 7.88. The smallest absolute Gasteiger partial charge is 0.222 e. The van der Waals surface area contributed by atoms with Crippen molar-refractivity contribution in [1.29, 1.82) is 0 Å². The SMILES string of the molecule is O=C(CC1(n2cccc2)CCOCC1)NC[C@H]1CCCO1. The van der Waals surface area contributed by atoms with Crippen LogP contribution in [0.2, 0.25) is 0 Å². The molecule has 1 amide bonds. The number of carbonyl (C=O) groups is 1. The lowest BCUT2D eigenvalue weighted by atomic mass is 9.86. The molecule has 0 spiro atoms. The molecule has 1 aromatic heterocycles. The van der Waals surface area contributed by atoms with E-state index in [0.717, 1.165) is 45.5 Å². The van der Waals surface area contributed by atoms with Gasteiger partial charge in [0.2, 0.25) is 5.91 Å². The highest BCUT2D eigenvalue weighted by Crippen LogP contribution is 2.32. The standard InChI is InChI=1S/C16H24N2O3/c19-15(17-13-14-4-3-9-21-14)12-16(5-10-20-11-6-16)18-7-1-2-8-18/h1-2,7-8,14H,3-6,9-13H2,(H,17,19)/t14-/m1/s1. The predicted molar refractivity (Wildman–Crippen MR) is 79.1 cm³/mol. The quantitative estimate of drug-likeness (QED) is 0.898. The Morgan fingerprint density at radius 3 is 2.67 bits per heavy atom. The van der Waals surface area contributed by atoms with E-state index in [-0.39, 0.29) is 17.6 Å². The Kier molecular flexibility index (Phi) is 4.60. The van der Waals surface area contributed by atoms with Gasteiger partial charge in [0.15, 0.2) is 0 Å². The fourth-order valence-corrected chi connectivity index (χ4v) is 3.32. The van der Waals surface area contributed by atoms with Crippen molar-refractivity contribution in [3.05, 3.63) is 24.5 Å². The van der Waals surface area contributed by atoms with E-state index in [2.05, 4.69) is 22.3 Å². The van der Waals surface area contributed by atoms with Crippen molar-refractivity contribution in [2.75, 3.05) is 26.4 Å². The Labute approximate surface area is 125 Å². The molecule has 1 aromatic rings. The van der Waals surface area contributed by atoms with Crippen LogP contribution in [0.1, 0.15) is 32.1 Å². The molecule has 2 aliphatic heterocycles. The van der Waals surface area contributed by atoms with E-state index in [1.165, 1.54) is 0 Å². The number of amides is 1. The Morgan fingerprint density at radius 1 is 1.24 bits per heavy atom. The maximum atomic E-state index is 12.3. The molecule has 2 saturated heterocycles. The van der Waals surface area contributed by atoms with Gasteiger partial charge in [-0.15, -0.1) is 0 Å². The summed E-state index contributed by atoms with van der Waals surface area (Å²) in [5.41, 5.74) is -0.137. The third kappa shape index (κ3) is 3.47. The highest BCUT2D eigenvalue weighted by molar-refractivity contribution is 5.77. The maximum Gasteiger partial charge on any atom is 0.222 e. The van der Waals surface area contributed by atoms with Gasteiger partial charge in [0.1, 0.15) is 0 Å². The number of nitrogens with zero attached hydrogens (tertiary/aromatic N) is 1. The maximum absolute atomic E-state index is 12.3. The lowest BCUT2D eigenvalue weighted by molar-refractivity contribution is -0.125. The van der Waals surface area contributed by atoms with Crippen LogP contribution in [0.15, 0.2) is 24.5 Å². The number of hydrogen-bond acceptors (Lipinski definition) is 3. The summed E-state index contributed by atoms with van der Waals surface area (Å²) >= 11 is 0. The largest absolute Gasteiger partial charge is 0.381 e. The van der Waals surface area contributed by atoms with Gasteiger partial charge in [-0.05, 0) is 37.8 Å². The van der Waals surface area contributed by atoms with E-state index in [1.807, 2.05) is 12.1 Å². The zero-order chi connectivity index (χ0) is 14.5. The summed E-state index contributed by atoms with van der Waals surface area (Å²) in [5.74, 6) is 0.112. The van der Waals surface area contributed by atoms with Crippen molar-refractivity contribution >= 4 is 5.91 Å². The van der Waals surface area contributed by atoms with Gasteiger partial charge in [-0.25, -0.2) is 0 Å². The van der Waals surface area contributed by atoms with Gasteiger partial charge in [0, 0.05) is 38.8 Å². The molecule has 5 nitrogen and oxygen atoms in total. The predicted octanol–water partition coefficient (Wildman–Crippen LogP) is 1.68. The highest BCUT2D eigenvalue weighted by Gasteiger charge is 2.36. The number of aromatic nitrogens is 1. The number of nitrogens with one attached hydrogen (secondary N) is 1. The summed E-state index contributed by atoms with van der Waals surface area (Å²) in [6, 6.07) is 4.03. The van der Waals surface area contributed by atoms with Crippen molar-refractivity contribution in [2.24, 2.45) is 0 Å². The van der Waals surface area contributed by atoms with Gasteiger partial charge in [0.25, 0.3) is 0 Å². The van der Waals surface area contributed by atoms with Crippen LogP contribution in [0.4, 0.5) is 0 Å². The minimum absolute atomic E-state index is 0.112. The third-order valence-corrected chi connectivity index (χ3v) is 4.62. The molecule has 2 fully saturated rings. The van der Waals surface area contributed by atoms with E-state index in [1.54, 1.807) is 0 Å². The summed E-state index contributed by atoms with van der Waals surface area (Å²) in [6.07, 6.45) is 8.74. The van der Waals surface area contributed by atoms with Crippen LogP contribution in [-0.2, 0) is 19.8 Å². The molecule has 2 aliphatic rings. The molecule has 0 saturated carbocycles. The molecule has 0 aromatic carbocycles. The lowest BCUT2D eigenvalue weighted by Crippen LogP contribution is -2.44. The Morgan fingerprint density at radius 2 is 2.00 bits per heavy atom. The van der Waals surface area contributed by atoms with Crippen LogP contribution in [0, 0.1) is 0 Å². The van der Waals surface area contributed by atoms with E-state index in [0.29, 0.717) is 13.0 Å². The van der Waals surface area contributed by atoms with Crippen LogP contribution >= 0.6 is 0 Å². The lowest BCUT2D eigenvalue weighted by Gasteiger charge is -2.38. The molecule has 0 radical (unpaired) electrons. The molecule has 5 heteroatoms. The van der Waals surface area contributed by atoms with Gasteiger partial charge in [-0.3, -0.25) is 4.79 Å². The minimum atomic E-state index is -0.137. The first kappa shape index (κ1) is 14.6. The van der Waals surface area contributed by atoms with Crippen LogP contribution in [-0.4, -0.2) is 42.9 Å². The molecular weight excluding hydrogens is 268 g/mol. The minimum Gasteiger partial charge on any atom is -0.381 e. The van der Waals surface area contributed by atoms with Gasteiger partial charge < -0.3 is 19.4 Å². The normalized spacial score (nSPS) is 24.9. The van der Waals surface area contributed by atoms with Crippen molar-refractivity contribution in [1.82, 2.24) is 9.88 Å². The van der Waals surface area contributed by atoms with Gasteiger partial charge in [0.05, 0.1) is 18.1 Å². The summed E-state index contributed by atoms with van der Waals surface area (Å²) in [6.45, 7) is 2.90. The van der Waals surface area contributed by atoms with E-state index < -0.39 is 0 Å². The zero-order valence-corrected chi connectivity index (χ0v) is 12.4. The molecule has 116 valence electrons. The van der Waals surface area contributed by atoms with Crippen molar-refractivity contribution in [3.8, 4) is 0 Å². The summed E-state index contributed by atoms with van der Waals surface area (Å²) in [4.78, 5) is 12.3. The Hall–Kier alpha value is -1.33. The number of ether oxygens (including phenoxy) is 2. The number of hydrogen-bond donors (Lipinski definition) is 1.